The van der Waals surface area contributed by atoms with Gasteiger partial charge in [0, 0.05) is 13.0 Å². The van der Waals surface area contributed by atoms with Gasteiger partial charge in [-0.15, -0.1) is 0 Å². The Morgan fingerprint density at radius 2 is 1.90 bits per heavy atom. The molecule has 1 aliphatic rings. The molecular formula is C18H18FNO. The van der Waals surface area contributed by atoms with Gasteiger partial charge in [0.15, 0.2) is 0 Å². The zero-order valence-electron chi connectivity index (χ0n) is 11.8. The molecule has 3 heteroatoms. The fraction of sp³-hybridized carbons (Fsp3) is 0.278. The van der Waals surface area contributed by atoms with Gasteiger partial charge < -0.3 is 5.32 Å². The molecule has 0 saturated carbocycles. The average molecular weight is 283 g/mol. The van der Waals surface area contributed by atoms with Crippen LogP contribution >= 0.6 is 0 Å². The molecule has 1 atom stereocenters. The summed E-state index contributed by atoms with van der Waals surface area (Å²) in [5.41, 5.74) is 3.60. The van der Waals surface area contributed by atoms with Gasteiger partial charge in [-0.25, -0.2) is 4.39 Å². The first kappa shape index (κ1) is 13.8. The summed E-state index contributed by atoms with van der Waals surface area (Å²) in [4.78, 5) is 12.1. The van der Waals surface area contributed by atoms with Crippen LogP contribution in [-0.2, 0) is 17.8 Å². The van der Waals surface area contributed by atoms with E-state index in [1.807, 2.05) is 6.07 Å². The number of amides is 1. The lowest BCUT2D eigenvalue weighted by molar-refractivity contribution is -0.121. The van der Waals surface area contributed by atoms with Crippen LogP contribution < -0.4 is 5.32 Å². The van der Waals surface area contributed by atoms with Gasteiger partial charge in [-0.05, 0) is 47.6 Å². The second kappa shape index (κ2) is 6.08. The summed E-state index contributed by atoms with van der Waals surface area (Å²) in [6.07, 6.45) is 2.63. The molecule has 0 spiro atoms. The van der Waals surface area contributed by atoms with E-state index < -0.39 is 0 Å². The Balaban J connectivity index is 1.54. The lowest BCUT2D eigenvalue weighted by atomic mass is 9.97. The van der Waals surface area contributed by atoms with Crippen molar-refractivity contribution < 1.29 is 9.18 Å². The van der Waals surface area contributed by atoms with Crippen molar-refractivity contribution in [2.45, 2.75) is 31.7 Å². The van der Waals surface area contributed by atoms with Crippen molar-refractivity contribution in [3.05, 3.63) is 71.0 Å². The summed E-state index contributed by atoms with van der Waals surface area (Å²) in [5, 5.41) is 2.91. The molecule has 0 bridgehead atoms. The van der Waals surface area contributed by atoms with Crippen molar-refractivity contribution in [1.82, 2.24) is 5.32 Å². The molecule has 1 N–H and O–H groups in total. The third kappa shape index (κ3) is 3.30. The van der Waals surface area contributed by atoms with Gasteiger partial charge in [0.05, 0.1) is 0 Å². The maximum atomic E-state index is 12.8. The summed E-state index contributed by atoms with van der Waals surface area (Å²) in [6, 6.07) is 14.6. The third-order valence-electron chi connectivity index (χ3n) is 4.09. The number of carbonyl (C=O) groups is 1. The van der Waals surface area contributed by atoms with Crippen LogP contribution in [0.1, 0.15) is 35.4 Å². The molecule has 3 rings (SSSR count). The van der Waals surface area contributed by atoms with Gasteiger partial charge in [0.1, 0.15) is 5.82 Å². The molecule has 2 nitrogen and oxygen atoms in total. The average Bonchev–Trinajstić information content (AvgIpc) is 2.90. The van der Waals surface area contributed by atoms with E-state index in [-0.39, 0.29) is 11.7 Å². The third-order valence-corrected chi connectivity index (χ3v) is 4.09. The number of aryl methyl sites for hydroxylation is 1. The number of halogens is 1. The van der Waals surface area contributed by atoms with Gasteiger partial charge >= 0.3 is 0 Å². The van der Waals surface area contributed by atoms with Crippen LogP contribution in [0, 0.1) is 5.82 Å². The highest BCUT2D eigenvalue weighted by atomic mass is 19.1. The standard InChI is InChI=1S/C18H18FNO/c19-16-9-5-13(6-10-16)12-20-18(21)11-15-8-7-14-3-1-2-4-17(14)15/h1-6,9-10,15H,7-8,11-12H2,(H,20,21). The summed E-state index contributed by atoms with van der Waals surface area (Å²) in [5.74, 6) is 0.128. The van der Waals surface area contributed by atoms with Crippen LogP contribution in [-0.4, -0.2) is 5.91 Å². The number of benzene rings is 2. The maximum Gasteiger partial charge on any atom is 0.220 e. The van der Waals surface area contributed by atoms with Crippen molar-refractivity contribution in [3.63, 3.8) is 0 Å². The van der Waals surface area contributed by atoms with Gasteiger partial charge in [0.2, 0.25) is 5.91 Å². The molecule has 2 aromatic rings. The predicted molar refractivity (Wildman–Crippen MR) is 80.4 cm³/mol. The lowest BCUT2D eigenvalue weighted by Gasteiger charge is -2.12. The smallest absolute Gasteiger partial charge is 0.220 e. The van der Waals surface area contributed by atoms with Crippen molar-refractivity contribution >= 4 is 5.91 Å². The van der Waals surface area contributed by atoms with Gasteiger partial charge in [-0.3, -0.25) is 4.79 Å². The highest BCUT2D eigenvalue weighted by Crippen LogP contribution is 2.35. The van der Waals surface area contributed by atoms with E-state index in [0.29, 0.717) is 18.9 Å². The van der Waals surface area contributed by atoms with Crippen LogP contribution in [0.3, 0.4) is 0 Å². The van der Waals surface area contributed by atoms with Crippen LogP contribution in [0.25, 0.3) is 0 Å². The molecule has 0 aliphatic heterocycles. The van der Waals surface area contributed by atoms with Gasteiger partial charge in [-0.1, -0.05) is 36.4 Å². The first-order chi connectivity index (χ1) is 10.2. The number of rotatable bonds is 4. The topological polar surface area (TPSA) is 29.1 Å². The lowest BCUT2D eigenvalue weighted by Crippen LogP contribution is -2.24. The van der Waals surface area contributed by atoms with E-state index in [4.69, 9.17) is 0 Å². The number of hydrogen-bond donors (Lipinski definition) is 1. The summed E-state index contributed by atoms with van der Waals surface area (Å²) < 4.78 is 12.8. The van der Waals surface area contributed by atoms with Crippen molar-refractivity contribution in [2.75, 3.05) is 0 Å². The largest absolute Gasteiger partial charge is 0.352 e. The molecule has 0 aromatic heterocycles. The van der Waals surface area contributed by atoms with E-state index in [1.54, 1.807) is 12.1 Å². The minimum atomic E-state index is -0.257. The van der Waals surface area contributed by atoms with Gasteiger partial charge in [0.25, 0.3) is 0 Å². The van der Waals surface area contributed by atoms with Crippen LogP contribution in [0.4, 0.5) is 4.39 Å². The second-order valence-electron chi connectivity index (χ2n) is 5.54. The normalized spacial score (nSPS) is 16.5. The minimum absolute atomic E-state index is 0.0565. The highest BCUT2D eigenvalue weighted by Gasteiger charge is 2.23. The molecule has 1 amide bonds. The van der Waals surface area contributed by atoms with Crippen LogP contribution in [0.5, 0.6) is 0 Å². The van der Waals surface area contributed by atoms with E-state index in [9.17, 15) is 9.18 Å². The Bertz CT molecular complexity index is 636. The fourth-order valence-electron chi connectivity index (χ4n) is 2.96. The number of hydrogen-bond acceptors (Lipinski definition) is 1. The summed E-state index contributed by atoms with van der Waals surface area (Å²) >= 11 is 0. The fourth-order valence-corrected chi connectivity index (χ4v) is 2.96. The molecule has 0 heterocycles. The first-order valence-electron chi connectivity index (χ1n) is 7.31. The molecule has 2 aromatic carbocycles. The zero-order valence-corrected chi connectivity index (χ0v) is 11.8. The van der Waals surface area contributed by atoms with E-state index >= 15 is 0 Å². The van der Waals surface area contributed by atoms with Crippen LogP contribution in [0.2, 0.25) is 0 Å². The van der Waals surface area contributed by atoms with E-state index in [0.717, 1.165) is 18.4 Å². The molecule has 1 aliphatic carbocycles. The number of fused-ring (bicyclic) bond motifs is 1. The predicted octanol–water partition coefficient (Wildman–Crippen LogP) is 3.56. The molecule has 1 unspecified atom stereocenters. The Labute approximate surface area is 124 Å². The maximum absolute atomic E-state index is 12.8. The highest BCUT2D eigenvalue weighted by molar-refractivity contribution is 5.77. The molecule has 0 saturated heterocycles. The number of nitrogens with one attached hydrogen (secondary N) is 1. The zero-order chi connectivity index (χ0) is 14.7. The Morgan fingerprint density at radius 1 is 1.14 bits per heavy atom. The number of carbonyl (C=O) groups excluding carboxylic acids is 1. The Morgan fingerprint density at radius 3 is 2.71 bits per heavy atom. The Hall–Kier alpha value is -2.16. The van der Waals surface area contributed by atoms with Crippen LogP contribution in [0.15, 0.2) is 48.5 Å². The monoisotopic (exact) mass is 283 g/mol. The summed E-state index contributed by atoms with van der Waals surface area (Å²) in [7, 11) is 0. The second-order valence-corrected chi connectivity index (χ2v) is 5.54. The molecule has 0 fully saturated rings. The minimum Gasteiger partial charge on any atom is -0.352 e. The molecular weight excluding hydrogens is 265 g/mol. The van der Waals surface area contributed by atoms with E-state index in [2.05, 4.69) is 23.5 Å². The first-order valence-corrected chi connectivity index (χ1v) is 7.31. The molecule has 0 radical (unpaired) electrons. The van der Waals surface area contributed by atoms with Crippen molar-refractivity contribution in [1.29, 1.82) is 0 Å². The quantitative estimate of drug-likeness (QED) is 0.913. The van der Waals surface area contributed by atoms with Crippen molar-refractivity contribution in [3.8, 4) is 0 Å². The van der Waals surface area contributed by atoms with E-state index in [1.165, 1.54) is 23.3 Å². The SMILES string of the molecule is O=C(CC1CCc2ccccc21)NCc1ccc(F)cc1. The summed E-state index contributed by atoms with van der Waals surface area (Å²) in [6.45, 7) is 0.452. The molecule has 21 heavy (non-hydrogen) atoms. The van der Waals surface area contributed by atoms with Crippen molar-refractivity contribution in [2.24, 2.45) is 0 Å². The van der Waals surface area contributed by atoms with Gasteiger partial charge in [-0.2, -0.15) is 0 Å². The molecule has 108 valence electrons. The Kier molecular flexibility index (Phi) is 4.00.